The summed E-state index contributed by atoms with van der Waals surface area (Å²) in [5.74, 6) is 0.183. The zero-order valence-corrected chi connectivity index (χ0v) is 11.3. The molecule has 0 aliphatic carbocycles. The molecule has 1 heterocycles. The van der Waals surface area contributed by atoms with Gasteiger partial charge in [0, 0.05) is 17.5 Å². The average Bonchev–Trinajstić information content (AvgIpc) is 2.38. The van der Waals surface area contributed by atoms with E-state index in [0.717, 1.165) is 22.3 Å². The Bertz CT molecular complexity index is 595. The summed E-state index contributed by atoms with van der Waals surface area (Å²) in [6, 6.07) is 9.69. The van der Waals surface area contributed by atoms with E-state index >= 15 is 0 Å². The molecule has 0 radical (unpaired) electrons. The van der Waals surface area contributed by atoms with E-state index in [1.165, 1.54) is 0 Å². The molecule has 1 aromatic heterocycles. The number of aromatic nitrogens is 1. The summed E-state index contributed by atoms with van der Waals surface area (Å²) >= 11 is 0. The highest BCUT2D eigenvalue weighted by Crippen LogP contribution is 2.23. The van der Waals surface area contributed by atoms with Gasteiger partial charge in [-0.25, -0.2) is 0 Å². The maximum Gasteiger partial charge on any atom is 0.224 e. The van der Waals surface area contributed by atoms with Gasteiger partial charge in [0.05, 0.1) is 11.2 Å². The number of nitrogens with zero attached hydrogens (tertiary/aromatic N) is 1. The second-order valence-electron chi connectivity index (χ2n) is 4.92. The smallest absolute Gasteiger partial charge is 0.224 e. The third-order valence-electron chi connectivity index (χ3n) is 3.05. The average molecular weight is 257 g/mol. The Morgan fingerprint density at radius 2 is 2.16 bits per heavy atom. The minimum absolute atomic E-state index is 0.00583. The van der Waals surface area contributed by atoms with Gasteiger partial charge in [0.15, 0.2) is 0 Å². The monoisotopic (exact) mass is 257 g/mol. The number of carbonyl (C=O) groups excluding carboxylic acids is 1. The molecule has 0 aliphatic rings. The molecule has 3 N–H and O–H groups in total. The first-order valence-electron chi connectivity index (χ1n) is 6.46. The Morgan fingerprint density at radius 1 is 1.42 bits per heavy atom. The van der Waals surface area contributed by atoms with Crippen LogP contribution in [0.5, 0.6) is 0 Å². The third kappa shape index (κ3) is 3.29. The number of pyridine rings is 1. The molecule has 19 heavy (non-hydrogen) atoms. The Kier molecular flexibility index (Phi) is 4.12. The summed E-state index contributed by atoms with van der Waals surface area (Å²) in [7, 11) is 0. The number of nitrogens with two attached hydrogens (primary N) is 1. The minimum Gasteiger partial charge on any atom is -0.330 e. The van der Waals surface area contributed by atoms with Gasteiger partial charge in [0.25, 0.3) is 0 Å². The second-order valence-corrected chi connectivity index (χ2v) is 4.92. The first kappa shape index (κ1) is 13.5. The van der Waals surface area contributed by atoms with Crippen molar-refractivity contribution in [3.05, 3.63) is 36.0 Å². The topological polar surface area (TPSA) is 68.0 Å². The second kappa shape index (κ2) is 5.80. The number of amides is 1. The molecule has 2 aromatic rings. The van der Waals surface area contributed by atoms with Crippen molar-refractivity contribution in [1.29, 1.82) is 0 Å². The maximum absolute atomic E-state index is 11.9. The predicted molar refractivity (Wildman–Crippen MR) is 77.9 cm³/mol. The molecular formula is C15H19N3O. The first-order valence-corrected chi connectivity index (χ1v) is 6.46. The number of para-hydroxylation sites is 1. The van der Waals surface area contributed by atoms with E-state index < -0.39 is 0 Å². The number of nitrogens with one attached hydrogen (secondary N) is 1. The van der Waals surface area contributed by atoms with Crippen LogP contribution < -0.4 is 11.1 Å². The fourth-order valence-corrected chi connectivity index (χ4v) is 2.01. The Morgan fingerprint density at radius 3 is 2.89 bits per heavy atom. The van der Waals surface area contributed by atoms with Crippen molar-refractivity contribution in [2.75, 3.05) is 11.9 Å². The molecule has 0 bridgehead atoms. The van der Waals surface area contributed by atoms with Gasteiger partial charge in [-0.1, -0.05) is 25.1 Å². The standard InChI is InChI=1S/C15H19N3O/c1-10(9-16)7-15(19)18-14-8-11(2)17-13-6-4-3-5-12(13)14/h3-6,8,10H,7,9,16H2,1-2H3,(H,17,18,19). The van der Waals surface area contributed by atoms with Gasteiger partial charge in [0.2, 0.25) is 5.91 Å². The van der Waals surface area contributed by atoms with Gasteiger partial charge in [-0.15, -0.1) is 0 Å². The van der Waals surface area contributed by atoms with Crippen LogP contribution in [0.25, 0.3) is 10.9 Å². The molecule has 0 spiro atoms. The fraction of sp³-hybridized carbons (Fsp3) is 0.333. The van der Waals surface area contributed by atoms with Crippen molar-refractivity contribution in [2.24, 2.45) is 11.7 Å². The highest BCUT2D eigenvalue weighted by Gasteiger charge is 2.10. The van der Waals surface area contributed by atoms with Gasteiger partial charge < -0.3 is 11.1 Å². The number of anilines is 1. The molecule has 1 amide bonds. The molecule has 1 aromatic carbocycles. The van der Waals surface area contributed by atoms with Crippen molar-refractivity contribution in [3.8, 4) is 0 Å². The highest BCUT2D eigenvalue weighted by molar-refractivity contribution is 6.01. The molecule has 0 aliphatic heterocycles. The Balaban J connectivity index is 2.27. The van der Waals surface area contributed by atoms with Crippen molar-refractivity contribution < 1.29 is 4.79 Å². The fourth-order valence-electron chi connectivity index (χ4n) is 2.01. The Hall–Kier alpha value is -1.94. The van der Waals surface area contributed by atoms with Gasteiger partial charge >= 0.3 is 0 Å². The van der Waals surface area contributed by atoms with Crippen LogP contribution in [-0.4, -0.2) is 17.4 Å². The van der Waals surface area contributed by atoms with Crippen LogP contribution >= 0.6 is 0 Å². The lowest BCUT2D eigenvalue weighted by Gasteiger charge is -2.11. The minimum atomic E-state index is -0.00583. The molecular weight excluding hydrogens is 238 g/mol. The number of aryl methyl sites for hydroxylation is 1. The molecule has 0 fully saturated rings. The van der Waals surface area contributed by atoms with Crippen LogP contribution in [0.1, 0.15) is 19.0 Å². The quantitative estimate of drug-likeness (QED) is 0.884. The highest BCUT2D eigenvalue weighted by atomic mass is 16.1. The van der Waals surface area contributed by atoms with Crippen LogP contribution in [0.3, 0.4) is 0 Å². The van der Waals surface area contributed by atoms with Gasteiger partial charge in [-0.05, 0) is 31.5 Å². The summed E-state index contributed by atoms with van der Waals surface area (Å²) in [6.45, 7) is 4.41. The summed E-state index contributed by atoms with van der Waals surface area (Å²) < 4.78 is 0. The van der Waals surface area contributed by atoms with E-state index in [1.54, 1.807) is 0 Å². The zero-order valence-electron chi connectivity index (χ0n) is 11.3. The van der Waals surface area contributed by atoms with Crippen LogP contribution in [0.2, 0.25) is 0 Å². The molecule has 0 saturated carbocycles. The maximum atomic E-state index is 11.9. The van der Waals surface area contributed by atoms with E-state index in [2.05, 4.69) is 10.3 Å². The van der Waals surface area contributed by atoms with Gasteiger partial charge in [0.1, 0.15) is 0 Å². The number of hydrogen-bond acceptors (Lipinski definition) is 3. The van der Waals surface area contributed by atoms with E-state index in [0.29, 0.717) is 13.0 Å². The summed E-state index contributed by atoms with van der Waals surface area (Å²) in [6.07, 6.45) is 0.437. The van der Waals surface area contributed by atoms with Crippen molar-refractivity contribution in [2.45, 2.75) is 20.3 Å². The number of carbonyl (C=O) groups is 1. The van der Waals surface area contributed by atoms with Crippen molar-refractivity contribution >= 4 is 22.5 Å². The third-order valence-corrected chi connectivity index (χ3v) is 3.05. The molecule has 2 rings (SSSR count). The lowest BCUT2D eigenvalue weighted by molar-refractivity contribution is -0.116. The van der Waals surface area contributed by atoms with Crippen molar-refractivity contribution in [3.63, 3.8) is 0 Å². The molecule has 1 atom stereocenters. The largest absolute Gasteiger partial charge is 0.330 e. The van der Waals surface area contributed by atoms with E-state index in [-0.39, 0.29) is 11.8 Å². The van der Waals surface area contributed by atoms with E-state index in [4.69, 9.17) is 5.73 Å². The molecule has 4 nitrogen and oxygen atoms in total. The zero-order chi connectivity index (χ0) is 13.8. The summed E-state index contributed by atoms with van der Waals surface area (Å²) in [5, 5.41) is 3.92. The molecule has 0 saturated heterocycles. The van der Waals surface area contributed by atoms with Crippen LogP contribution in [0, 0.1) is 12.8 Å². The van der Waals surface area contributed by atoms with Gasteiger partial charge in [-0.3, -0.25) is 9.78 Å². The first-order chi connectivity index (χ1) is 9.10. The number of rotatable bonds is 4. The van der Waals surface area contributed by atoms with E-state index in [1.807, 2.05) is 44.2 Å². The Labute approximate surface area is 113 Å². The molecule has 4 heteroatoms. The van der Waals surface area contributed by atoms with Crippen molar-refractivity contribution in [1.82, 2.24) is 4.98 Å². The van der Waals surface area contributed by atoms with Crippen LogP contribution in [0.4, 0.5) is 5.69 Å². The molecule has 100 valence electrons. The van der Waals surface area contributed by atoms with Crippen LogP contribution in [-0.2, 0) is 4.79 Å². The molecule has 1 unspecified atom stereocenters. The lowest BCUT2D eigenvalue weighted by Crippen LogP contribution is -2.20. The van der Waals surface area contributed by atoms with E-state index in [9.17, 15) is 4.79 Å². The lowest BCUT2D eigenvalue weighted by atomic mass is 10.1. The number of fused-ring (bicyclic) bond motifs is 1. The summed E-state index contributed by atoms with van der Waals surface area (Å²) in [4.78, 5) is 16.4. The van der Waals surface area contributed by atoms with Gasteiger partial charge in [-0.2, -0.15) is 0 Å². The number of benzene rings is 1. The number of hydrogen-bond donors (Lipinski definition) is 2. The normalized spacial score (nSPS) is 12.4. The van der Waals surface area contributed by atoms with Crippen LogP contribution in [0.15, 0.2) is 30.3 Å². The predicted octanol–water partition coefficient (Wildman–Crippen LogP) is 2.47. The SMILES string of the molecule is Cc1cc(NC(=O)CC(C)CN)c2ccccc2n1. The summed E-state index contributed by atoms with van der Waals surface area (Å²) in [5.41, 5.74) is 8.14.